The molecule has 5 heteroatoms. The molecule has 0 saturated heterocycles. The first-order valence-electron chi connectivity index (χ1n) is 9.75. The van der Waals surface area contributed by atoms with Crippen LogP contribution in [-0.2, 0) is 6.54 Å². The third-order valence-electron chi connectivity index (χ3n) is 5.48. The monoisotopic (exact) mass is 418 g/mol. The SMILES string of the molecule is CSc1cccc(NC(=O)c2ccc3c(c2)c(C)c(C)n3Cc2ccc(F)cc2)c1. The average Bonchev–Trinajstić information content (AvgIpc) is 2.99. The molecule has 1 aromatic heterocycles. The molecule has 152 valence electrons. The van der Waals surface area contributed by atoms with Crippen molar-refractivity contribution in [2.75, 3.05) is 11.6 Å². The second kappa shape index (κ2) is 8.36. The zero-order valence-corrected chi connectivity index (χ0v) is 18.0. The zero-order chi connectivity index (χ0) is 21.3. The van der Waals surface area contributed by atoms with Crippen LogP contribution in [0.4, 0.5) is 10.1 Å². The second-order valence-electron chi connectivity index (χ2n) is 7.34. The lowest BCUT2D eigenvalue weighted by Gasteiger charge is -2.10. The number of thioether (sulfide) groups is 1. The van der Waals surface area contributed by atoms with E-state index in [4.69, 9.17) is 0 Å². The lowest BCUT2D eigenvalue weighted by atomic mass is 10.1. The molecule has 0 fully saturated rings. The number of fused-ring (bicyclic) bond motifs is 1. The number of rotatable bonds is 5. The van der Waals surface area contributed by atoms with Gasteiger partial charge in [-0.05, 0) is 79.8 Å². The van der Waals surface area contributed by atoms with Crippen molar-refractivity contribution in [1.82, 2.24) is 4.57 Å². The topological polar surface area (TPSA) is 34.0 Å². The van der Waals surface area contributed by atoms with E-state index >= 15 is 0 Å². The Morgan fingerprint density at radius 1 is 1.03 bits per heavy atom. The van der Waals surface area contributed by atoms with Gasteiger partial charge in [-0.1, -0.05) is 18.2 Å². The van der Waals surface area contributed by atoms with E-state index in [-0.39, 0.29) is 11.7 Å². The van der Waals surface area contributed by atoms with Gasteiger partial charge in [-0.25, -0.2) is 4.39 Å². The summed E-state index contributed by atoms with van der Waals surface area (Å²) in [6.45, 7) is 4.80. The molecule has 0 radical (unpaired) electrons. The van der Waals surface area contributed by atoms with Gasteiger partial charge in [-0.15, -0.1) is 11.8 Å². The fraction of sp³-hybridized carbons (Fsp3) is 0.160. The number of nitrogens with zero attached hydrogens (tertiary/aromatic N) is 1. The molecule has 0 bridgehead atoms. The van der Waals surface area contributed by atoms with E-state index in [1.165, 1.54) is 12.1 Å². The van der Waals surface area contributed by atoms with Gasteiger partial charge in [-0.2, -0.15) is 0 Å². The van der Waals surface area contributed by atoms with Gasteiger partial charge in [0.2, 0.25) is 0 Å². The van der Waals surface area contributed by atoms with Crippen molar-refractivity contribution in [3.05, 3.63) is 94.9 Å². The van der Waals surface area contributed by atoms with Gasteiger partial charge >= 0.3 is 0 Å². The molecule has 4 aromatic rings. The number of amides is 1. The molecule has 0 unspecified atom stereocenters. The highest BCUT2D eigenvalue weighted by atomic mass is 32.2. The Balaban J connectivity index is 1.64. The van der Waals surface area contributed by atoms with E-state index in [1.807, 2.05) is 48.7 Å². The lowest BCUT2D eigenvalue weighted by Crippen LogP contribution is -2.11. The highest BCUT2D eigenvalue weighted by Gasteiger charge is 2.14. The largest absolute Gasteiger partial charge is 0.340 e. The van der Waals surface area contributed by atoms with Crippen LogP contribution in [-0.4, -0.2) is 16.7 Å². The summed E-state index contributed by atoms with van der Waals surface area (Å²) >= 11 is 1.64. The number of benzene rings is 3. The van der Waals surface area contributed by atoms with Gasteiger partial charge in [0.1, 0.15) is 5.82 Å². The fourth-order valence-electron chi connectivity index (χ4n) is 3.67. The molecule has 0 aliphatic carbocycles. The molecular formula is C25H23FN2OS. The standard InChI is InChI=1S/C25H23FN2OS/c1-16-17(2)28(15-18-7-10-20(26)11-8-18)24-12-9-19(13-23(16)24)25(29)27-21-5-4-6-22(14-21)30-3/h4-14H,15H2,1-3H3,(H,27,29). The Hall–Kier alpha value is -3.05. The van der Waals surface area contributed by atoms with Crippen LogP contribution in [0, 0.1) is 19.7 Å². The summed E-state index contributed by atoms with van der Waals surface area (Å²) in [5.74, 6) is -0.360. The van der Waals surface area contributed by atoms with Gasteiger partial charge in [0.25, 0.3) is 5.91 Å². The van der Waals surface area contributed by atoms with Crippen LogP contribution in [0.2, 0.25) is 0 Å². The van der Waals surface area contributed by atoms with Crippen LogP contribution in [0.3, 0.4) is 0 Å². The Bertz CT molecular complexity index is 1230. The van der Waals surface area contributed by atoms with Crippen LogP contribution in [0.15, 0.2) is 71.6 Å². The quantitative estimate of drug-likeness (QED) is 0.380. The smallest absolute Gasteiger partial charge is 0.255 e. The molecule has 1 N–H and O–H groups in total. The Morgan fingerprint density at radius 3 is 2.53 bits per heavy atom. The zero-order valence-electron chi connectivity index (χ0n) is 17.2. The summed E-state index contributed by atoms with van der Waals surface area (Å²) in [6, 6.07) is 20.2. The predicted molar refractivity (Wildman–Crippen MR) is 123 cm³/mol. The third kappa shape index (κ3) is 3.98. The maximum absolute atomic E-state index is 13.2. The van der Waals surface area contributed by atoms with E-state index < -0.39 is 0 Å². The Kier molecular flexibility index (Phi) is 5.64. The maximum Gasteiger partial charge on any atom is 0.255 e. The number of carbonyl (C=O) groups is 1. The van der Waals surface area contributed by atoms with E-state index in [1.54, 1.807) is 23.9 Å². The maximum atomic E-state index is 13.2. The Morgan fingerprint density at radius 2 is 1.80 bits per heavy atom. The van der Waals surface area contributed by atoms with Crippen molar-refractivity contribution in [1.29, 1.82) is 0 Å². The molecule has 4 rings (SSSR count). The van der Waals surface area contributed by atoms with E-state index in [2.05, 4.69) is 23.7 Å². The lowest BCUT2D eigenvalue weighted by molar-refractivity contribution is 0.102. The molecule has 1 amide bonds. The van der Waals surface area contributed by atoms with Crippen molar-refractivity contribution in [3.63, 3.8) is 0 Å². The van der Waals surface area contributed by atoms with E-state index in [0.717, 1.165) is 38.3 Å². The van der Waals surface area contributed by atoms with Crippen LogP contribution in [0.25, 0.3) is 10.9 Å². The van der Waals surface area contributed by atoms with Gasteiger partial charge in [0.15, 0.2) is 0 Å². The van der Waals surface area contributed by atoms with Crippen molar-refractivity contribution < 1.29 is 9.18 Å². The molecule has 3 aromatic carbocycles. The minimum Gasteiger partial charge on any atom is -0.340 e. The number of aryl methyl sites for hydroxylation is 1. The fourth-order valence-corrected chi connectivity index (χ4v) is 4.13. The van der Waals surface area contributed by atoms with Gasteiger partial charge in [0.05, 0.1) is 0 Å². The van der Waals surface area contributed by atoms with Crippen molar-refractivity contribution >= 4 is 34.3 Å². The first-order valence-corrected chi connectivity index (χ1v) is 11.0. The van der Waals surface area contributed by atoms with Crippen molar-refractivity contribution in [2.45, 2.75) is 25.3 Å². The van der Waals surface area contributed by atoms with Crippen molar-refractivity contribution in [2.24, 2.45) is 0 Å². The molecule has 0 aliphatic heterocycles. The summed E-state index contributed by atoms with van der Waals surface area (Å²) < 4.78 is 15.4. The van der Waals surface area contributed by atoms with Crippen LogP contribution in [0.1, 0.15) is 27.2 Å². The molecule has 3 nitrogen and oxygen atoms in total. The van der Waals surface area contributed by atoms with Crippen LogP contribution < -0.4 is 5.32 Å². The molecule has 0 atom stereocenters. The molecule has 0 aliphatic rings. The van der Waals surface area contributed by atoms with E-state index in [9.17, 15) is 9.18 Å². The summed E-state index contributed by atoms with van der Waals surface area (Å²) in [7, 11) is 0. The summed E-state index contributed by atoms with van der Waals surface area (Å²) in [5.41, 5.74) is 5.79. The first-order chi connectivity index (χ1) is 14.5. The second-order valence-corrected chi connectivity index (χ2v) is 8.22. The number of hydrogen-bond donors (Lipinski definition) is 1. The van der Waals surface area contributed by atoms with Crippen LogP contribution >= 0.6 is 11.8 Å². The molecular weight excluding hydrogens is 395 g/mol. The third-order valence-corrected chi connectivity index (χ3v) is 6.21. The van der Waals surface area contributed by atoms with Crippen molar-refractivity contribution in [3.8, 4) is 0 Å². The number of carbonyl (C=O) groups excluding carboxylic acids is 1. The predicted octanol–water partition coefficient (Wildman–Crippen LogP) is 6.42. The first kappa shape index (κ1) is 20.2. The molecule has 30 heavy (non-hydrogen) atoms. The minimum absolute atomic E-state index is 0.126. The van der Waals surface area contributed by atoms with Crippen LogP contribution in [0.5, 0.6) is 0 Å². The molecule has 1 heterocycles. The average molecular weight is 419 g/mol. The number of anilines is 1. The summed E-state index contributed by atoms with van der Waals surface area (Å²) in [4.78, 5) is 13.9. The number of nitrogens with one attached hydrogen (secondary N) is 1. The highest BCUT2D eigenvalue weighted by Crippen LogP contribution is 2.28. The van der Waals surface area contributed by atoms with Gasteiger partial charge in [-0.3, -0.25) is 4.79 Å². The summed E-state index contributed by atoms with van der Waals surface area (Å²) in [5, 5.41) is 4.04. The number of aromatic nitrogens is 1. The number of hydrogen-bond acceptors (Lipinski definition) is 2. The van der Waals surface area contributed by atoms with Gasteiger partial charge in [0, 0.05) is 39.3 Å². The summed E-state index contributed by atoms with van der Waals surface area (Å²) in [6.07, 6.45) is 2.01. The minimum atomic E-state index is -0.234. The van der Waals surface area contributed by atoms with E-state index in [0.29, 0.717) is 12.1 Å². The van der Waals surface area contributed by atoms with Gasteiger partial charge < -0.3 is 9.88 Å². The number of halogens is 1. The Labute approximate surface area is 179 Å². The molecule has 0 spiro atoms. The highest BCUT2D eigenvalue weighted by molar-refractivity contribution is 7.98. The molecule has 0 saturated carbocycles. The normalized spacial score (nSPS) is 11.1.